The molecule has 0 aromatic carbocycles. The smallest absolute Gasteiger partial charge is 0.450 e. The van der Waals surface area contributed by atoms with Gasteiger partial charge >= 0.3 is 6.16 Å². The Kier molecular flexibility index (Phi) is 115. The quantitative estimate of drug-likeness (QED) is 0.258. The van der Waals surface area contributed by atoms with E-state index in [1.807, 2.05) is 0 Å². The molecule has 0 saturated carbocycles. The third-order valence-corrected chi connectivity index (χ3v) is 0. The number of rotatable bonds is 0. The lowest BCUT2D eigenvalue weighted by atomic mass is 11.5. The molecule has 12 heavy (non-hydrogen) atoms. The predicted molar refractivity (Wildman–Crippen MR) is 44.1 cm³/mol. The summed E-state index contributed by atoms with van der Waals surface area (Å²) in [5.74, 6) is 0. The van der Waals surface area contributed by atoms with Crippen LogP contribution in [0.5, 0.6) is 0 Å². The minimum absolute atomic E-state index is 0. The summed E-state index contributed by atoms with van der Waals surface area (Å²) in [5.41, 5.74) is 0. The number of hydrogen-bond donors (Lipinski definition) is 8. The normalized spacial score (nSPS) is 4.92. The molecule has 82 valence electrons. The van der Waals surface area contributed by atoms with Crippen molar-refractivity contribution >= 4 is 17.5 Å². The Morgan fingerprint density at radius 3 is 0.917 bits per heavy atom. The van der Waals surface area contributed by atoms with Crippen LogP contribution >= 0.6 is 0 Å². The van der Waals surface area contributed by atoms with Gasteiger partial charge in [-0.1, -0.05) is 0 Å². The van der Waals surface area contributed by atoms with Crippen LogP contribution in [0.15, 0.2) is 0 Å². The summed E-state index contributed by atoms with van der Waals surface area (Å²) in [5, 5.41) is 13.9. The molecule has 0 aromatic heterocycles. The molecule has 0 radical (unpaired) electrons. The van der Waals surface area contributed by atoms with E-state index in [4.69, 9.17) is 28.3 Å². The van der Waals surface area contributed by atoms with E-state index >= 15 is 0 Å². The first kappa shape index (κ1) is 43.2. The van der Waals surface area contributed by atoms with E-state index in [1.54, 1.807) is 0 Å². The Morgan fingerprint density at radius 2 is 0.917 bits per heavy atom. The molecule has 0 aliphatic carbocycles. The lowest BCUT2D eigenvalue weighted by Gasteiger charge is -1.60. The first-order valence-electron chi connectivity index (χ1n) is 1.18. The van der Waals surface area contributed by atoms with E-state index < -0.39 is 17.5 Å². The topological polar surface area (TPSA) is 255 Å². The average Bonchev–Trinajstić information content (AvgIpc) is 1.25. The number of hydrogen-bond acceptors (Lipinski definition) is 6. The lowest BCUT2D eigenvalue weighted by Crippen LogP contribution is -1.81. The maximum absolute atomic E-state index is 8.67. The zero-order valence-electron chi connectivity index (χ0n) is 6.34. The highest BCUT2D eigenvalue weighted by molar-refractivity contribution is 7.73. The van der Waals surface area contributed by atoms with Crippen LogP contribution in [0.25, 0.3) is 0 Å². The van der Waals surface area contributed by atoms with Crippen LogP contribution in [0.1, 0.15) is 0 Å². The van der Waals surface area contributed by atoms with Gasteiger partial charge in [-0.3, -0.25) is 9.11 Å². The molecule has 0 rings (SSSR count). The third-order valence-electron chi connectivity index (χ3n) is 0. The van der Waals surface area contributed by atoms with Crippen molar-refractivity contribution in [2.45, 2.75) is 0 Å². The first-order valence-corrected chi connectivity index (χ1v) is 2.25. The zero-order valence-corrected chi connectivity index (χ0v) is 7.16. The molecule has 0 bridgehead atoms. The molecule has 11 heteroatoms. The van der Waals surface area contributed by atoms with Crippen molar-refractivity contribution in [3.63, 3.8) is 0 Å². The largest absolute Gasteiger partial charge is 0.503 e. The molecule has 0 saturated heterocycles. The van der Waals surface area contributed by atoms with Crippen molar-refractivity contribution in [3.8, 4) is 0 Å². The van der Waals surface area contributed by atoms with Gasteiger partial charge in [-0.2, -0.15) is 4.21 Å². The Hall–Kier alpha value is -0.820. The minimum atomic E-state index is -2.61. The summed E-state index contributed by atoms with van der Waals surface area (Å²) in [7, 11) is 0. The van der Waals surface area contributed by atoms with Gasteiger partial charge in [-0.25, -0.2) is 4.79 Å². The van der Waals surface area contributed by atoms with E-state index in [-0.39, 0.29) is 24.6 Å². The van der Waals surface area contributed by atoms with Gasteiger partial charge in [-0.05, 0) is 0 Å². The van der Waals surface area contributed by atoms with Crippen molar-refractivity contribution in [2.24, 2.45) is 0 Å². The molecule has 0 aromatic rings. The highest BCUT2D eigenvalue weighted by atomic mass is 32.2. The van der Waals surface area contributed by atoms with Gasteiger partial charge in [0, 0.05) is 0 Å². The summed E-state index contributed by atoms with van der Waals surface area (Å²) in [4.78, 5) is 8.56. The predicted octanol–water partition coefficient (Wildman–Crippen LogP) is 0.551. The molecule has 0 heterocycles. The van der Waals surface area contributed by atoms with E-state index in [0.717, 1.165) is 0 Å². The van der Waals surface area contributed by atoms with Crippen molar-refractivity contribution in [1.29, 1.82) is 0 Å². The summed E-state index contributed by atoms with van der Waals surface area (Å²) in [6.07, 6.45) is -1.83. The maximum Gasteiger partial charge on any atom is 0.503 e. The minimum Gasteiger partial charge on any atom is -0.450 e. The summed E-state index contributed by atoms with van der Waals surface area (Å²) < 4.78 is 22.8. The molecular weight excluding hydrogens is 196 g/mol. The fourth-order valence-corrected chi connectivity index (χ4v) is 0. The molecule has 0 aliphatic heterocycles. The third kappa shape index (κ3) is 914. The highest BCUT2D eigenvalue weighted by Crippen LogP contribution is 1.44. The van der Waals surface area contributed by atoms with E-state index in [0.29, 0.717) is 0 Å². The fraction of sp³-hybridized carbons (Fsp3) is 0. The van der Waals surface area contributed by atoms with Crippen LogP contribution in [0, 0.1) is 0 Å². The van der Waals surface area contributed by atoms with E-state index in [2.05, 4.69) is 0 Å². The SMILES string of the molecule is N.N.N.N.O=C(O)O.O=S(O)O. The lowest BCUT2D eigenvalue weighted by molar-refractivity contribution is 0.137. The molecule has 0 unspecified atom stereocenters. The average molecular weight is 212 g/mol. The van der Waals surface area contributed by atoms with Gasteiger partial charge in [0.05, 0.1) is 0 Å². The number of carboxylic acid groups (broad SMARTS) is 2. The van der Waals surface area contributed by atoms with Gasteiger partial charge in [0.15, 0.2) is 0 Å². The van der Waals surface area contributed by atoms with Crippen LogP contribution in [-0.2, 0) is 11.4 Å². The first-order chi connectivity index (χ1) is 3.46. The van der Waals surface area contributed by atoms with Gasteiger partial charge in [0.25, 0.3) is 11.4 Å². The molecule has 16 N–H and O–H groups in total. The molecule has 10 nitrogen and oxygen atoms in total. The van der Waals surface area contributed by atoms with Crippen LogP contribution in [0.3, 0.4) is 0 Å². The Bertz CT molecular complexity index is 77.5. The van der Waals surface area contributed by atoms with Crippen molar-refractivity contribution < 1.29 is 28.3 Å². The van der Waals surface area contributed by atoms with Gasteiger partial charge < -0.3 is 34.8 Å². The van der Waals surface area contributed by atoms with Gasteiger partial charge in [0.2, 0.25) is 0 Å². The Morgan fingerprint density at radius 1 is 0.917 bits per heavy atom. The Balaban J connectivity index is -0.0000000112. The highest BCUT2D eigenvalue weighted by Gasteiger charge is 1.70. The molecule has 0 amide bonds. The summed E-state index contributed by atoms with van der Waals surface area (Å²) >= 11 is -2.61. The molecule has 0 atom stereocenters. The van der Waals surface area contributed by atoms with Crippen LogP contribution in [0.4, 0.5) is 4.79 Å². The fourth-order valence-electron chi connectivity index (χ4n) is 0. The van der Waals surface area contributed by atoms with Crippen LogP contribution < -0.4 is 24.6 Å². The molecular formula is CH16N4O6S. The van der Waals surface area contributed by atoms with Crippen LogP contribution in [-0.4, -0.2) is 29.7 Å². The maximum atomic E-state index is 8.67. The van der Waals surface area contributed by atoms with E-state index in [1.165, 1.54) is 0 Å². The van der Waals surface area contributed by atoms with Crippen LogP contribution in [0.2, 0.25) is 0 Å². The zero-order chi connectivity index (χ0) is 7.15. The second kappa shape index (κ2) is 32.0. The summed E-state index contributed by atoms with van der Waals surface area (Å²) in [6.45, 7) is 0. The molecule has 0 aliphatic rings. The van der Waals surface area contributed by atoms with Gasteiger partial charge in [0.1, 0.15) is 0 Å². The van der Waals surface area contributed by atoms with Crippen molar-refractivity contribution in [2.75, 3.05) is 0 Å². The monoisotopic (exact) mass is 212 g/mol. The summed E-state index contributed by atoms with van der Waals surface area (Å²) in [6, 6.07) is 0. The van der Waals surface area contributed by atoms with Gasteiger partial charge in [-0.15, -0.1) is 0 Å². The van der Waals surface area contributed by atoms with Crippen molar-refractivity contribution in [1.82, 2.24) is 24.6 Å². The van der Waals surface area contributed by atoms with Crippen molar-refractivity contribution in [3.05, 3.63) is 0 Å². The molecule has 0 spiro atoms. The second-order valence-electron chi connectivity index (χ2n) is 0.513. The Labute approximate surface area is 71.4 Å². The number of carbonyl (C=O) groups is 1. The standard InChI is InChI=1S/CH2O3.4H3N.H2O3S/c2-1(3)4;;;;;1-4(2)3/h(H2,2,3,4);4*1H3;(H2,1,2,3). The second-order valence-corrected chi connectivity index (χ2v) is 0.975. The van der Waals surface area contributed by atoms with E-state index in [9.17, 15) is 0 Å². The molecule has 0 fully saturated rings.